The van der Waals surface area contributed by atoms with Gasteiger partial charge in [-0.2, -0.15) is 0 Å². The number of rotatable bonds is 7. The molecule has 2 aromatic carbocycles. The minimum atomic E-state index is -0.257. The highest BCUT2D eigenvalue weighted by atomic mass is 35.5. The van der Waals surface area contributed by atoms with E-state index < -0.39 is 0 Å². The predicted octanol–water partition coefficient (Wildman–Crippen LogP) is 3.57. The maximum Gasteiger partial charge on any atom is 0.258 e. The van der Waals surface area contributed by atoms with Crippen molar-refractivity contribution < 1.29 is 14.3 Å². The lowest BCUT2D eigenvalue weighted by Gasteiger charge is -2.10. The van der Waals surface area contributed by atoms with Crippen molar-refractivity contribution in [3.8, 4) is 11.5 Å². The van der Waals surface area contributed by atoms with Crippen LogP contribution in [0.5, 0.6) is 11.5 Å². The summed E-state index contributed by atoms with van der Waals surface area (Å²) in [6.07, 6.45) is 0. The molecule has 22 heavy (non-hydrogen) atoms. The standard InChI is InChI=1S/C16H15Cl2NO3/c17-13-7-4-8-14(16(13)18)22-11-15(20)19-9-10-21-12-5-2-1-3-6-12/h1-8H,9-11H2,(H,19,20). The number of carbonyl (C=O) groups is 1. The molecule has 0 unspecified atom stereocenters. The Kier molecular flexibility index (Phi) is 6.37. The molecule has 0 heterocycles. The zero-order valence-electron chi connectivity index (χ0n) is 11.7. The lowest BCUT2D eigenvalue weighted by molar-refractivity contribution is -0.123. The molecule has 1 amide bonds. The van der Waals surface area contributed by atoms with Gasteiger partial charge < -0.3 is 14.8 Å². The molecule has 0 atom stereocenters. The Bertz CT molecular complexity index is 620. The monoisotopic (exact) mass is 339 g/mol. The third-order valence-electron chi connectivity index (χ3n) is 2.71. The van der Waals surface area contributed by atoms with E-state index in [4.69, 9.17) is 32.7 Å². The molecule has 0 radical (unpaired) electrons. The van der Waals surface area contributed by atoms with Gasteiger partial charge in [0, 0.05) is 0 Å². The highest BCUT2D eigenvalue weighted by molar-refractivity contribution is 6.42. The summed E-state index contributed by atoms with van der Waals surface area (Å²) >= 11 is 11.8. The van der Waals surface area contributed by atoms with Gasteiger partial charge in [-0.1, -0.05) is 47.5 Å². The van der Waals surface area contributed by atoms with E-state index in [2.05, 4.69) is 5.32 Å². The van der Waals surface area contributed by atoms with Gasteiger partial charge in [-0.3, -0.25) is 4.79 Å². The molecule has 0 aliphatic rings. The number of carbonyl (C=O) groups excluding carboxylic acids is 1. The Labute approximate surface area is 138 Å². The van der Waals surface area contributed by atoms with Gasteiger partial charge in [0.05, 0.1) is 11.6 Å². The topological polar surface area (TPSA) is 47.6 Å². The van der Waals surface area contributed by atoms with Gasteiger partial charge in [-0.25, -0.2) is 0 Å². The van der Waals surface area contributed by atoms with E-state index in [0.29, 0.717) is 28.9 Å². The molecule has 0 aromatic heterocycles. The second-order valence-corrected chi connectivity index (χ2v) is 5.14. The van der Waals surface area contributed by atoms with Crippen molar-refractivity contribution in [3.05, 3.63) is 58.6 Å². The van der Waals surface area contributed by atoms with Crippen LogP contribution in [0.15, 0.2) is 48.5 Å². The molecule has 0 fully saturated rings. The van der Waals surface area contributed by atoms with E-state index in [-0.39, 0.29) is 12.5 Å². The minimum absolute atomic E-state index is 0.134. The van der Waals surface area contributed by atoms with Crippen LogP contribution < -0.4 is 14.8 Å². The molecular weight excluding hydrogens is 325 g/mol. The van der Waals surface area contributed by atoms with Crippen LogP contribution in [-0.2, 0) is 4.79 Å². The second kappa shape index (κ2) is 8.51. The minimum Gasteiger partial charge on any atom is -0.492 e. The van der Waals surface area contributed by atoms with E-state index in [0.717, 1.165) is 5.75 Å². The van der Waals surface area contributed by atoms with Crippen molar-refractivity contribution in [1.29, 1.82) is 0 Å². The van der Waals surface area contributed by atoms with Crippen molar-refractivity contribution >= 4 is 29.1 Å². The zero-order chi connectivity index (χ0) is 15.8. The third kappa shape index (κ3) is 5.13. The van der Waals surface area contributed by atoms with E-state index in [9.17, 15) is 4.79 Å². The molecule has 2 aromatic rings. The number of ether oxygens (including phenoxy) is 2. The third-order valence-corrected chi connectivity index (χ3v) is 3.51. The summed E-state index contributed by atoms with van der Waals surface area (Å²) in [5.41, 5.74) is 0. The Morgan fingerprint density at radius 1 is 1.00 bits per heavy atom. The first-order chi connectivity index (χ1) is 10.7. The van der Waals surface area contributed by atoms with E-state index in [1.54, 1.807) is 18.2 Å². The average Bonchev–Trinajstić information content (AvgIpc) is 2.54. The maximum absolute atomic E-state index is 11.7. The van der Waals surface area contributed by atoms with Crippen molar-refractivity contribution in [2.45, 2.75) is 0 Å². The smallest absolute Gasteiger partial charge is 0.258 e. The first-order valence-electron chi connectivity index (χ1n) is 6.68. The van der Waals surface area contributed by atoms with Crippen LogP contribution in [0, 0.1) is 0 Å². The summed E-state index contributed by atoms with van der Waals surface area (Å²) in [5, 5.41) is 3.37. The number of hydrogen-bond donors (Lipinski definition) is 1. The molecule has 116 valence electrons. The fourth-order valence-electron chi connectivity index (χ4n) is 1.67. The van der Waals surface area contributed by atoms with Crippen molar-refractivity contribution in [1.82, 2.24) is 5.32 Å². The SMILES string of the molecule is O=C(COc1cccc(Cl)c1Cl)NCCOc1ccccc1. The predicted molar refractivity (Wildman–Crippen MR) is 86.9 cm³/mol. The molecule has 0 aliphatic carbocycles. The molecule has 0 aliphatic heterocycles. The lowest BCUT2D eigenvalue weighted by Crippen LogP contribution is -2.32. The van der Waals surface area contributed by atoms with Crippen molar-refractivity contribution in [2.24, 2.45) is 0 Å². The Balaban J connectivity index is 1.67. The van der Waals surface area contributed by atoms with Crippen LogP contribution >= 0.6 is 23.2 Å². The summed E-state index contributed by atoms with van der Waals surface area (Å²) in [4.78, 5) is 11.7. The van der Waals surface area contributed by atoms with Crippen LogP contribution in [0.4, 0.5) is 0 Å². The van der Waals surface area contributed by atoms with E-state index in [1.165, 1.54) is 0 Å². The van der Waals surface area contributed by atoms with Crippen molar-refractivity contribution in [2.75, 3.05) is 19.8 Å². The first-order valence-corrected chi connectivity index (χ1v) is 7.44. The van der Waals surface area contributed by atoms with Crippen molar-refractivity contribution in [3.63, 3.8) is 0 Å². The number of nitrogens with one attached hydrogen (secondary N) is 1. The van der Waals surface area contributed by atoms with Crippen LogP contribution in [0.1, 0.15) is 0 Å². The molecule has 0 bridgehead atoms. The van der Waals surface area contributed by atoms with Gasteiger partial charge in [-0.15, -0.1) is 0 Å². The van der Waals surface area contributed by atoms with Gasteiger partial charge in [0.2, 0.25) is 0 Å². The van der Waals surface area contributed by atoms with Crippen LogP contribution in [-0.4, -0.2) is 25.7 Å². The van der Waals surface area contributed by atoms with Gasteiger partial charge in [0.1, 0.15) is 23.1 Å². The van der Waals surface area contributed by atoms with E-state index >= 15 is 0 Å². The lowest BCUT2D eigenvalue weighted by atomic mass is 10.3. The quantitative estimate of drug-likeness (QED) is 0.784. The Morgan fingerprint density at radius 2 is 1.77 bits per heavy atom. The molecule has 0 spiro atoms. The number of amides is 1. The molecule has 0 saturated carbocycles. The van der Waals surface area contributed by atoms with Crippen LogP contribution in [0.2, 0.25) is 10.0 Å². The Hall–Kier alpha value is -1.91. The summed E-state index contributed by atoms with van der Waals surface area (Å²) in [6.45, 7) is 0.638. The van der Waals surface area contributed by atoms with Crippen LogP contribution in [0.3, 0.4) is 0 Å². The first kappa shape index (κ1) is 16.5. The summed E-state index contributed by atoms with van der Waals surface area (Å²) < 4.78 is 10.8. The van der Waals surface area contributed by atoms with Gasteiger partial charge >= 0.3 is 0 Å². The Morgan fingerprint density at radius 3 is 2.55 bits per heavy atom. The number of halogens is 2. The second-order valence-electron chi connectivity index (χ2n) is 4.35. The van der Waals surface area contributed by atoms with Crippen LogP contribution in [0.25, 0.3) is 0 Å². The molecule has 2 rings (SSSR count). The highest BCUT2D eigenvalue weighted by Crippen LogP contribution is 2.31. The summed E-state index contributed by atoms with van der Waals surface area (Å²) in [5.74, 6) is 0.885. The van der Waals surface area contributed by atoms with Gasteiger partial charge in [-0.05, 0) is 24.3 Å². The van der Waals surface area contributed by atoms with E-state index in [1.807, 2.05) is 30.3 Å². The maximum atomic E-state index is 11.7. The molecule has 1 N–H and O–H groups in total. The van der Waals surface area contributed by atoms with Gasteiger partial charge in [0.15, 0.2) is 6.61 Å². The fraction of sp³-hybridized carbons (Fsp3) is 0.188. The largest absolute Gasteiger partial charge is 0.492 e. The van der Waals surface area contributed by atoms with Gasteiger partial charge in [0.25, 0.3) is 5.91 Å². The average molecular weight is 340 g/mol. The number of para-hydroxylation sites is 1. The molecule has 6 heteroatoms. The summed E-state index contributed by atoms with van der Waals surface area (Å²) in [6, 6.07) is 14.4. The molecular formula is C16H15Cl2NO3. The zero-order valence-corrected chi connectivity index (χ0v) is 13.2. The highest BCUT2D eigenvalue weighted by Gasteiger charge is 2.08. The summed E-state index contributed by atoms with van der Waals surface area (Å²) in [7, 11) is 0. The molecule has 0 saturated heterocycles. The number of benzene rings is 2. The fourth-order valence-corrected chi connectivity index (χ4v) is 2.01. The normalized spacial score (nSPS) is 10.1. The number of hydrogen-bond acceptors (Lipinski definition) is 3. The molecule has 4 nitrogen and oxygen atoms in total.